The zero-order valence-corrected chi connectivity index (χ0v) is 17.1. The molecule has 1 aliphatic heterocycles. The van der Waals surface area contributed by atoms with Crippen LogP contribution in [0, 0.1) is 0 Å². The number of benzene rings is 1. The lowest BCUT2D eigenvalue weighted by Crippen LogP contribution is -2.43. The van der Waals surface area contributed by atoms with E-state index in [0.717, 1.165) is 4.90 Å². The molecule has 0 aliphatic carbocycles. The number of pyridine rings is 1. The molecular weight excluding hydrogens is 429 g/mol. The molecule has 1 aromatic carbocycles. The molecule has 3 amide bonds. The highest BCUT2D eigenvalue weighted by atomic mass is 35.5. The molecule has 29 heavy (non-hydrogen) atoms. The van der Waals surface area contributed by atoms with E-state index in [1.54, 1.807) is 26.0 Å². The molecule has 3 rings (SSSR count). The molecule has 11 heteroatoms. The van der Waals surface area contributed by atoms with Crippen molar-refractivity contribution in [2.24, 2.45) is 0 Å². The Labute approximate surface area is 175 Å². The number of carbonyl (C=O) groups is 2. The first-order valence-electron chi connectivity index (χ1n) is 8.21. The van der Waals surface area contributed by atoms with E-state index >= 15 is 0 Å². The molecular formula is C18H18ClF3N4O2S. The van der Waals surface area contributed by atoms with Crippen LogP contribution in [0.3, 0.4) is 0 Å². The third-order valence-electron chi connectivity index (χ3n) is 4.34. The van der Waals surface area contributed by atoms with E-state index in [4.69, 9.17) is 5.73 Å². The van der Waals surface area contributed by atoms with Crippen molar-refractivity contribution in [3.63, 3.8) is 0 Å². The Morgan fingerprint density at radius 2 is 1.76 bits per heavy atom. The number of nitrogen functional groups attached to an aromatic ring is 1. The third kappa shape index (κ3) is 4.76. The minimum absolute atomic E-state index is 0. The Bertz CT molecular complexity index is 922. The molecule has 6 nitrogen and oxygen atoms in total. The van der Waals surface area contributed by atoms with E-state index in [2.05, 4.69) is 4.98 Å². The van der Waals surface area contributed by atoms with E-state index in [-0.39, 0.29) is 41.3 Å². The topological polar surface area (TPSA) is 79.5 Å². The number of thioether (sulfide) groups is 1. The first-order chi connectivity index (χ1) is 13.0. The van der Waals surface area contributed by atoms with Crippen LogP contribution in [0.5, 0.6) is 0 Å². The largest absolute Gasteiger partial charge is 0.446 e. The minimum Gasteiger partial charge on any atom is -0.384 e. The standard InChI is InChI=1S/C18H17F3N4O2S.ClH/c1-17(2)15(26)25(12-3-5-13(6-4-12)28-18(19,20)21)16(27)24(17)10-11-7-8-23-14(22)9-11;/h3-9H,10H2,1-2H3,(H2,22,23);1H. The predicted octanol–water partition coefficient (Wildman–Crippen LogP) is 4.44. The van der Waals surface area contributed by atoms with Gasteiger partial charge in [0.1, 0.15) is 11.4 Å². The monoisotopic (exact) mass is 446 g/mol. The first kappa shape index (κ1) is 22.8. The maximum Gasteiger partial charge on any atom is 0.446 e. The molecule has 0 atom stereocenters. The van der Waals surface area contributed by atoms with Crippen LogP contribution in [-0.4, -0.2) is 32.9 Å². The molecule has 0 spiro atoms. The van der Waals surface area contributed by atoms with Gasteiger partial charge in [-0.3, -0.25) is 4.79 Å². The third-order valence-corrected chi connectivity index (χ3v) is 5.08. The van der Waals surface area contributed by atoms with Gasteiger partial charge in [0.15, 0.2) is 0 Å². The molecule has 1 fully saturated rings. The van der Waals surface area contributed by atoms with Crippen LogP contribution < -0.4 is 10.6 Å². The summed E-state index contributed by atoms with van der Waals surface area (Å²) in [6, 6.07) is 7.86. The fourth-order valence-electron chi connectivity index (χ4n) is 2.90. The maximum absolute atomic E-state index is 12.9. The quantitative estimate of drug-likeness (QED) is 0.554. The summed E-state index contributed by atoms with van der Waals surface area (Å²) in [6.45, 7) is 3.38. The molecule has 0 unspecified atom stereocenters. The van der Waals surface area contributed by atoms with Gasteiger partial charge in [-0.05, 0) is 67.6 Å². The van der Waals surface area contributed by atoms with Crippen molar-refractivity contribution in [2.45, 2.75) is 36.3 Å². The van der Waals surface area contributed by atoms with Gasteiger partial charge >= 0.3 is 11.5 Å². The summed E-state index contributed by atoms with van der Waals surface area (Å²) in [5.74, 6) is -0.168. The van der Waals surface area contributed by atoms with Crippen LogP contribution in [0.2, 0.25) is 0 Å². The molecule has 2 aromatic rings. The molecule has 156 valence electrons. The summed E-state index contributed by atoms with van der Waals surface area (Å²) in [7, 11) is 0. The summed E-state index contributed by atoms with van der Waals surface area (Å²) in [5, 5.41) is 0. The van der Waals surface area contributed by atoms with Gasteiger partial charge in [-0.15, -0.1) is 12.4 Å². The van der Waals surface area contributed by atoms with Gasteiger partial charge in [-0.25, -0.2) is 14.7 Å². The smallest absolute Gasteiger partial charge is 0.384 e. The minimum atomic E-state index is -4.41. The molecule has 2 heterocycles. The second-order valence-electron chi connectivity index (χ2n) is 6.70. The van der Waals surface area contributed by atoms with Crippen LogP contribution in [0.25, 0.3) is 0 Å². The highest BCUT2D eigenvalue weighted by Gasteiger charge is 2.51. The number of halogens is 4. The van der Waals surface area contributed by atoms with Gasteiger partial charge in [0, 0.05) is 17.6 Å². The van der Waals surface area contributed by atoms with Crippen molar-refractivity contribution in [3.05, 3.63) is 48.2 Å². The molecule has 0 saturated carbocycles. The molecule has 2 N–H and O–H groups in total. The van der Waals surface area contributed by atoms with Crippen LogP contribution in [0.1, 0.15) is 19.4 Å². The molecule has 1 aromatic heterocycles. The van der Waals surface area contributed by atoms with E-state index in [1.165, 1.54) is 35.4 Å². The van der Waals surface area contributed by atoms with Crippen LogP contribution in [0.4, 0.5) is 29.5 Å². The first-order valence-corrected chi connectivity index (χ1v) is 9.03. The summed E-state index contributed by atoms with van der Waals surface area (Å²) in [6.07, 6.45) is 1.51. The van der Waals surface area contributed by atoms with Crippen LogP contribution in [0.15, 0.2) is 47.5 Å². The number of hydrogen-bond donors (Lipinski definition) is 1. The number of amides is 3. The Hall–Kier alpha value is -2.46. The predicted molar refractivity (Wildman–Crippen MR) is 107 cm³/mol. The Morgan fingerprint density at radius 1 is 1.14 bits per heavy atom. The van der Waals surface area contributed by atoms with E-state index in [9.17, 15) is 22.8 Å². The van der Waals surface area contributed by atoms with Crippen molar-refractivity contribution in [2.75, 3.05) is 10.6 Å². The number of imide groups is 1. The lowest BCUT2D eigenvalue weighted by molar-refractivity contribution is -0.123. The van der Waals surface area contributed by atoms with Crippen LogP contribution >= 0.6 is 24.2 Å². The van der Waals surface area contributed by atoms with E-state index < -0.39 is 23.0 Å². The van der Waals surface area contributed by atoms with Gasteiger partial charge in [0.05, 0.1) is 5.69 Å². The lowest BCUT2D eigenvalue weighted by atomic mass is 10.0. The number of nitrogens with zero attached hydrogens (tertiary/aromatic N) is 3. The zero-order valence-electron chi connectivity index (χ0n) is 15.4. The average Bonchev–Trinajstić information content (AvgIpc) is 2.75. The maximum atomic E-state index is 12.9. The van der Waals surface area contributed by atoms with Gasteiger partial charge in [-0.1, -0.05) is 0 Å². The number of hydrogen-bond acceptors (Lipinski definition) is 5. The van der Waals surface area contributed by atoms with Crippen molar-refractivity contribution in [1.82, 2.24) is 9.88 Å². The van der Waals surface area contributed by atoms with Crippen molar-refractivity contribution in [3.8, 4) is 0 Å². The number of alkyl halides is 3. The molecule has 0 radical (unpaired) electrons. The Kier molecular flexibility index (Phi) is 6.39. The van der Waals surface area contributed by atoms with Gasteiger partial charge in [0.2, 0.25) is 0 Å². The number of urea groups is 1. The molecule has 1 saturated heterocycles. The SMILES string of the molecule is CC1(C)C(=O)N(c2ccc(SC(F)(F)F)cc2)C(=O)N1Cc1ccnc(N)c1.Cl. The highest BCUT2D eigenvalue weighted by Crippen LogP contribution is 2.38. The number of aromatic nitrogens is 1. The van der Waals surface area contributed by atoms with E-state index in [0.29, 0.717) is 11.4 Å². The number of carbonyl (C=O) groups excluding carboxylic acids is 2. The Morgan fingerprint density at radius 3 is 2.31 bits per heavy atom. The second kappa shape index (κ2) is 8.11. The number of rotatable bonds is 4. The van der Waals surface area contributed by atoms with Crippen molar-refractivity contribution in [1.29, 1.82) is 0 Å². The number of nitrogens with two attached hydrogens (primary N) is 1. The van der Waals surface area contributed by atoms with E-state index in [1.807, 2.05) is 0 Å². The van der Waals surface area contributed by atoms with Gasteiger partial charge in [0.25, 0.3) is 5.91 Å². The second-order valence-corrected chi connectivity index (χ2v) is 7.84. The van der Waals surface area contributed by atoms with Gasteiger partial charge < -0.3 is 10.6 Å². The summed E-state index contributed by atoms with van der Waals surface area (Å²) >= 11 is -0.260. The fraction of sp³-hybridized carbons (Fsp3) is 0.278. The molecule has 0 bridgehead atoms. The fourth-order valence-corrected chi connectivity index (χ4v) is 3.44. The molecule has 1 aliphatic rings. The van der Waals surface area contributed by atoms with Crippen molar-refractivity contribution >= 4 is 47.6 Å². The Balaban J connectivity index is 0.00000300. The summed E-state index contributed by atoms with van der Waals surface area (Å²) in [5.41, 5.74) is 1.05. The van der Waals surface area contributed by atoms with Crippen molar-refractivity contribution < 1.29 is 22.8 Å². The summed E-state index contributed by atoms with van der Waals surface area (Å²) in [4.78, 5) is 32.0. The highest BCUT2D eigenvalue weighted by molar-refractivity contribution is 8.00. The summed E-state index contributed by atoms with van der Waals surface area (Å²) < 4.78 is 37.4. The zero-order chi connectivity index (χ0) is 20.7. The lowest BCUT2D eigenvalue weighted by Gasteiger charge is -2.27. The normalized spacial score (nSPS) is 16.2. The van der Waals surface area contributed by atoms with Crippen LogP contribution in [-0.2, 0) is 11.3 Å². The average molecular weight is 447 g/mol. The van der Waals surface area contributed by atoms with Gasteiger partial charge in [-0.2, -0.15) is 13.2 Å². The number of anilines is 2.